The van der Waals surface area contributed by atoms with Gasteiger partial charge in [0.15, 0.2) is 0 Å². The summed E-state index contributed by atoms with van der Waals surface area (Å²) < 4.78 is 0. The quantitative estimate of drug-likeness (QED) is 0.789. The van der Waals surface area contributed by atoms with Crippen LogP contribution in [0.5, 0.6) is 0 Å². The lowest BCUT2D eigenvalue weighted by Crippen LogP contribution is -2.47. The number of hydrogen-bond acceptors (Lipinski definition) is 2. The minimum absolute atomic E-state index is 0.0719. The van der Waals surface area contributed by atoms with Crippen molar-refractivity contribution in [2.24, 2.45) is 11.3 Å². The van der Waals surface area contributed by atoms with Gasteiger partial charge in [0.1, 0.15) is 0 Å². The van der Waals surface area contributed by atoms with Crippen LogP contribution >= 0.6 is 0 Å². The molecule has 2 saturated carbocycles. The van der Waals surface area contributed by atoms with Crippen molar-refractivity contribution in [2.75, 3.05) is 19.6 Å². The second-order valence-corrected chi connectivity index (χ2v) is 6.19. The van der Waals surface area contributed by atoms with Crippen molar-refractivity contribution in [3.63, 3.8) is 0 Å². The number of carbonyl (C=O) groups excluding carboxylic acids is 1. The van der Waals surface area contributed by atoms with Gasteiger partial charge in [0, 0.05) is 19.1 Å². The number of rotatable bonds is 5. The summed E-state index contributed by atoms with van der Waals surface area (Å²) in [5.74, 6) is 1.28. The van der Waals surface area contributed by atoms with Crippen LogP contribution in [-0.4, -0.2) is 36.5 Å². The third kappa shape index (κ3) is 2.22. The molecule has 2 aliphatic carbocycles. The zero-order valence-electron chi connectivity index (χ0n) is 10.9. The zero-order valence-corrected chi connectivity index (χ0v) is 10.9. The standard InChI is InChI=1S/C14H24N2O/c1-2-14(7-8-15-10-14)13(17)16(12-5-6-12)9-11-3-4-11/h11-12,15H,2-10H2,1H3. The molecule has 1 atom stereocenters. The molecule has 0 radical (unpaired) electrons. The van der Waals surface area contributed by atoms with Gasteiger partial charge >= 0.3 is 0 Å². The van der Waals surface area contributed by atoms with Crippen LogP contribution in [0.2, 0.25) is 0 Å². The minimum Gasteiger partial charge on any atom is -0.339 e. The second-order valence-electron chi connectivity index (χ2n) is 6.19. The van der Waals surface area contributed by atoms with E-state index in [0.717, 1.165) is 38.4 Å². The van der Waals surface area contributed by atoms with Gasteiger partial charge in [-0.05, 0) is 51.0 Å². The van der Waals surface area contributed by atoms with E-state index in [1.807, 2.05) is 0 Å². The molecule has 0 aromatic rings. The number of nitrogens with zero attached hydrogens (tertiary/aromatic N) is 1. The van der Waals surface area contributed by atoms with Crippen LogP contribution in [0.25, 0.3) is 0 Å². The van der Waals surface area contributed by atoms with E-state index in [-0.39, 0.29) is 5.41 Å². The molecule has 0 aromatic carbocycles. The Morgan fingerprint density at radius 1 is 1.35 bits per heavy atom. The van der Waals surface area contributed by atoms with Crippen LogP contribution in [-0.2, 0) is 4.79 Å². The average molecular weight is 236 g/mol. The Kier molecular flexibility index (Phi) is 2.89. The summed E-state index contributed by atoms with van der Waals surface area (Å²) in [5.41, 5.74) is -0.0719. The van der Waals surface area contributed by atoms with Crippen LogP contribution in [0, 0.1) is 11.3 Å². The summed E-state index contributed by atoms with van der Waals surface area (Å²) in [6.07, 6.45) is 7.20. The summed E-state index contributed by atoms with van der Waals surface area (Å²) in [4.78, 5) is 15.1. The summed E-state index contributed by atoms with van der Waals surface area (Å²) in [6.45, 7) is 5.14. The van der Waals surface area contributed by atoms with Gasteiger partial charge in [0.05, 0.1) is 5.41 Å². The molecule has 96 valence electrons. The first kappa shape index (κ1) is 11.5. The first-order valence-electron chi connectivity index (χ1n) is 7.27. The molecule has 17 heavy (non-hydrogen) atoms. The van der Waals surface area contributed by atoms with Crippen molar-refractivity contribution in [1.29, 1.82) is 0 Å². The van der Waals surface area contributed by atoms with E-state index >= 15 is 0 Å². The summed E-state index contributed by atoms with van der Waals surface area (Å²) in [6, 6.07) is 0.590. The van der Waals surface area contributed by atoms with Gasteiger partial charge in [-0.15, -0.1) is 0 Å². The van der Waals surface area contributed by atoms with Crippen molar-refractivity contribution in [3.8, 4) is 0 Å². The Hall–Kier alpha value is -0.570. The number of carbonyl (C=O) groups is 1. The van der Waals surface area contributed by atoms with E-state index < -0.39 is 0 Å². The molecule has 3 rings (SSSR count). The van der Waals surface area contributed by atoms with Crippen molar-refractivity contribution >= 4 is 5.91 Å². The maximum Gasteiger partial charge on any atom is 0.230 e. The number of nitrogens with one attached hydrogen (secondary N) is 1. The van der Waals surface area contributed by atoms with Crippen molar-refractivity contribution in [3.05, 3.63) is 0 Å². The fourth-order valence-electron chi connectivity index (χ4n) is 3.05. The molecule has 0 spiro atoms. The molecule has 1 amide bonds. The molecule has 3 nitrogen and oxygen atoms in total. The van der Waals surface area contributed by atoms with Crippen LogP contribution in [0.4, 0.5) is 0 Å². The van der Waals surface area contributed by atoms with E-state index in [1.165, 1.54) is 25.7 Å². The molecule has 0 bridgehead atoms. The normalized spacial score (nSPS) is 32.8. The third-order valence-electron chi connectivity index (χ3n) is 4.77. The molecule has 3 aliphatic rings. The maximum absolute atomic E-state index is 12.8. The Morgan fingerprint density at radius 3 is 2.59 bits per heavy atom. The van der Waals surface area contributed by atoms with Gasteiger partial charge in [-0.3, -0.25) is 4.79 Å². The Morgan fingerprint density at radius 2 is 2.12 bits per heavy atom. The first-order valence-corrected chi connectivity index (χ1v) is 7.27. The van der Waals surface area contributed by atoms with Crippen LogP contribution < -0.4 is 5.32 Å². The Bertz CT molecular complexity index is 301. The first-order chi connectivity index (χ1) is 8.25. The topological polar surface area (TPSA) is 32.3 Å². The fraction of sp³-hybridized carbons (Fsp3) is 0.929. The highest BCUT2D eigenvalue weighted by Crippen LogP contribution is 2.39. The lowest BCUT2D eigenvalue weighted by molar-refractivity contribution is -0.142. The lowest BCUT2D eigenvalue weighted by Gasteiger charge is -2.33. The number of hydrogen-bond donors (Lipinski definition) is 1. The molecule has 1 unspecified atom stereocenters. The molecular weight excluding hydrogens is 212 g/mol. The highest BCUT2D eigenvalue weighted by Gasteiger charge is 2.46. The molecule has 1 N–H and O–H groups in total. The highest BCUT2D eigenvalue weighted by molar-refractivity contribution is 5.84. The molecule has 3 fully saturated rings. The predicted molar refractivity (Wildman–Crippen MR) is 67.7 cm³/mol. The second kappa shape index (κ2) is 4.27. The molecule has 0 aromatic heterocycles. The fourth-order valence-corrected chi connectivity index (χ4v) is 3.05. The van der Waals surface area contributed by atoms with Crippen LogP contribution in [0.15, 0.2) is 0 Å². The molecular formula is C14H24N2O. The maximum atomic E-state index is 12.8. The highest BCUT2D eigenvalue weighted by atomic mass is 16.2. The van der Waals surface area contributed by atoms with Gasteiger partial charge in [0.25, 0.3) is 0 Å². The number of amides is 1. The largest absolute Gasteiger partial charge is 0.339 e. The van der Waals surface area contributed by atoms with E-state index in [9.17, 15) is 4.79 Å². The Labute approximate surface area is 104 Å². The molecule has 1 heterocycles. The molecule has 1 aliphatic heterocycles. The molecule has 3 heteroatoms. The molecule has 1 saturated heterocycles. The van der Waals surface area contributed by atoms with E-state index in [0.29, 0.717) is 11.9 Å². The van der Waals surface area contributed by atoms with E-state index in [1.54, 1.807) is 0 Å². The Balaban J connectivity index is 1.72. The summed E-state index contributed by atoms with van der Waals surface area (Å²) in [7, 11) is 0. The smallest absolute Gasteiger partial charge is 0.230 e. The van der Waals surface area contributed by atoms with Crippen LogP contribution in [0.1, 0.15) is 45.4 Å². The van der Waals surface area contributed by atoms with Crippen molar-refractivity contribution < 1.29 is 4.79 Å². The van der Waals surface area contributed by atoms with Crippen molar-refractivity contribution in [1.82, 2.24) is 10.2 Å². The van der Waals surface area contributed by atoms with Crippen molar-refractivity contribution in [2.45, 2.75) is 51.5 Å². The summed E-state index contributed by atoms with van der Waals surface area (Å²) >= 11 is 0. The SMILES string of the molecule is CCC1(C(=O)N(CC2CC2)C2CC2)CCNC1. The predicted octanol–water partition coefficient (Wildman–Crippen LogP) is 1.78. The third-order valence-corrected chi connectivity index (χ3v) is 4.77. The minimum atomic E-state index is -0.0719. The van der Waals surface area contributed by atoms with Gasteiger partial charge in [-0.1, -0.05) is 6.92 Å². The van der Waals surface area contributed by atoms with Gasteiger partial charge < -0.3 is 10.2 Å². The van der Waals surface area contributed by atoms with Gasteiger partial charge in [-0.25, -0.2) is 0 Å². The van der Waals surface area contributed by atoms with E-state index in [4.69, 9.17) is 0 Å². The average Bonchev–Trinajstić information content (AvgIpc) is 3.25. The zero-order chi connectivity index (χ0) is 11.9. The monoisotopic (exact) mass is 236 g/mol. The van der Waals surface area contributed by atoms with E-state index in [2.05, 4.69) is 17.1 Å². The lowest BCUT2D eigenvalue weighted by atomic mass is 9.82. The van der Waals surface area contributed by atoms with Gasteiger partial charge in [-0.2, -0.15) is 0 Å². The summed E-state index contributed by atoms with van der Waals surface area (Å²) in [5, 5.41) is 3.38. The van der Waals surface area contributed by atoms with Gasteiger partial charge in [0.2, 0.25) is 5.91 Å². The van der Waals surface area contributed by atoms with Crippen LogP contribution in [0.3, 0.4) is 0 Å².